The Labute approximate surface area is 155 Å². The number of hydrogen-bond acceptors (Lipinski definition) is 7. The van der Waals surface area contributed by atoms with Gasteiger partial charge < -0.3 is 14.6 Å². The van der Waals surface area contributed by atoms with E-state index in [9.17, 15) is 22.7 Å². The lowest BCUT2D eigenvalue weighted by Crippen LogP contribution is -2.16. The van der Waals surface area contributed by atoms with E-state index in [1.165, 1.54) is 25.4 Å². The van der Waals surface area contributed by atoms with Crippen molar-refractivity contribution < 1.29 is 32.2 Å². The molecule has 1 aromatic heterocycles. The van der Waals surface area contributed by atoms with E-state index in [1.807, 2.05) is 0 Å². The number of ketones is 1. The quantitative estimate of drug-likeness (QED) is 0.823. The standard InChI is InChI=1S/C18H18FNO6S/c1-25-16-3-2-13(19)6-17(16)27(23,24)10-11-4-14-15(22)5-12(8-21)9-26-18(14)20-7-11/h2-4,6-7,12,21H,5,8-10H2,1H3/t12-/m0/s1. The van der Waals surface area contributed by atoms with Gasteiger partial charge in [-0.25, -0.2) is 17.8 Å². The maximum Gasteiger partial charge on any atom is 0.224 e. The Hall–Kier alpha value is -2.52. The molecule has 2 aromatic rings. The number of rotatable bonds is 5. The molecule has 1 aromatic carbocycles. The number of aromatic nitrogens is 1. The number of aliphatic hydroxyl groups excluding tert-OH is 1. The summed E-state index contributed by atoms with van der Waals surface area (Å²) < 4.78 is 49.4. The van der Waals surface area contributed by atoms with Crippen LogP contribution in [0, 0.1) is 11.7 Å². The first-order chi connectivity index (χ1) is 12.8. The SMILES string of the molecule is COc1ccc(F)cc1S(=O)(=O)Cc1cnc2c(c1)C(=O)C[C@@H](CO)CO2. The summed E-state index contributed by atoms with van der Waals surface area (Å²) >= 11 is 0. The van der Waals surface area contributed by atoms with Crippen LogP contribution in [0.3, 0.4) is 0 Å². The molecule has 0 saturated carbocycles. The zero-order valence-electron chi connectivity index (χ0n) is 14.5. The van der Waals surface area contributed by atoms with E-state index in [1.54, 1.807) is 0 Å². The van der Waals surface area contributed by atoms with Crippen LogP contribution in [-0.2, 0) is 15.6 Å². The van der Waals surface area contributed by atoms with Crippen molar-refractivity contribution in [3.8, 4) is 11.6 Å². The van der Waals surface area contributed by atoms with Gasteiger partial charge in [-0.3, -0.25) is 4.79 Å². The summed E-state index contributed by atoms with van der Waals surface area (Å²) in [5.74, 6) is -1.66. The molecule has 0 unspecified atom stereocenters. The molecular weight excluding hydrogens is 377 g/mol. The second kappa shape index (κ2) is 7.61. The molecule has 3 rings (SSSR count). The third-order valence-corrected chi connectivity index (χ3v) is 5.92. The van der Waals surface area contributed by atoms with Crippen LogP contribution < -0.4 is 9.47 Å². The molecule has 2 heterocycles. The van der Waals surface area contributed by atoms with E-state index < -0.39 is 21.4 Å². The summed E-state index contributed by atoms with van der Waals surface area (Å²) in [6.45, 7) is -0.0410. The van der Waals surface area contributed by atoms with Crippen molar-refractivity contribution in [2.75, 3.05) is 20.3 Å². The van der Waals surface area contributed by atoms with Crippen LogP contribution in [0.4, 0.5) is 4.39 Å². The smallest absolute Gasteiger partial charge is 0.224 e. The average Bonchev–Trinajstić information content (AvgIpc) is 2.80. The highest BCUT2D eigenvalue weighted by molar-refractivity contribution is 7.90. The van der Waals surface area contributed by atoms with Gasteiger partial charge >= 0.3 is 0 Å². The normalized spacial score (nSPS) is 17.0. The van der Waals surface area contributed by atoms with Crippen molar-refractivity contribution in [2.24, 2.45) is 5.92 Å². The zero-order chi connectivity index (χ0) is 19.6. The van der Waals surface area contributed by atoms with Crippen LogP contribution in [0.2, 0.25) is 0 Å². The average molecular weight is 395 g/mol. The van der Waals surface area contributed by atoms with E-state index in [-0.39, 0.29) is 59.0 Å². The highest BCUT2D eigenvalue weighted by Gasteiger charge is 2.26. The van der Waals surface area contributed by atoms with E-state index in [0.29, 0.717) is 0 Å². The van der Waals surface area contributed by atoms with Gasteiger partial charge in [0.1, 0.15) is 16.5 Å². The molecule has 1 aliphatic rings. The Morgan fingerprint density at radius 3 is 2.85 bits per heavy atom. The molecule has 0 bridgehead atoms. The molecule has 27 heavy (non-hydrogen) atoms. The Morgan fingerprint density at radius 2 is 2.15 bits per heavy atom. The van der Waals surface area contributed by atoms with E-state index in [2.05, 4.69) is 4.98 Å². The number of benzene rings is 1. The molecular formula is C18H18FNO6S. The lowest BCUT2D eigenvalue weighted by atomic mass is 10.0. The van der Waals surface area contributed by atoms with Crippen LogP contribution >= 0.6 is 0 Å². The molecule has 0 amide bonds. The maximum atomic E-state index is 13.5. The molecule has 7 nitrogen and oxygen atoms in total. The zero-order valence-corrected chi connectivity index (χ0v) is 15.3. The molecule has 0 aliphatic carbocycles. The predicted molar refractivity (Wildman–Crippen MR) is 93.1 cm³/mol. The lowest BCUT2D eigenvalue weighted by molar-refractivity contribution is 0.0927. The third-order valence-electron chi connectivity index (χ3n) is 4.21. The number of sulfone groups is 1. The van der Waals surface area contributed by atoms with Crippen molar-refractivity contribution in [2.45, 2.75) is 17.1 Å². The van der Waals surface area contributed by atoms with Gasteiger partial charge in [0, 0.05) is 25.1 Å². The highest BCUT2D eigenvalue weighted by atomic mass is 32.2. The van der Waals surface area contributed by atoms with Gasteiger partial charge in [0.15, 0.2) is 15.6 Å². The van der Waals surface area contributed by atoms with Gasteiger partial charge in [-0.1, -0.05) is 0 Å². The summed E-state index contributed by atoms with van der Waals surface area (Å²) in [5.41, 5.74) is 0.435. The monoisotopic (exact) mass is 395 g/mol. The van der Waals surface area contributed by atoms with Gasteiger partial charge in [0.25, 0.3) is 0 Å². The molecule has 144 valence electrons. The number of halogens is 1. The fourth-order valence-electron chi connectivity index (χ4n) is 2.83. The summed E-state index contributed by atoms with van der Waals surface area (Å²) in [4.78, 5) is 16.1. The second-order valence-electron chi connectivity index (χ2n) is 6.24. The first-order valence-electron chi connectivity index (χ1n) is 8.16. The number of carbonyl (C=O) groups excluding carboxylic acids is 1. The van der Waals surface area contributed by atoms with Crippen LogP contribution in [0.1, 0.15) is 22.3 Å². The summed E-state index contributed by atoms with van der Waals surface area (Å²) in [6, 6.07) is 4.65. The van der Waals surface area contributed by atoms with E-state index in [0.717, 1.165) is 12.1 Å². The van der Waals surface area contributed by atoms with Gasteiger partial charge in [-0.15, -0.1) is 0 Å². The third kappa shape index (κ3) is 4.09. The number of carbonyl (C=O) groups is 1. The van der Waals surface area contributed by atoms with Crippen LogP contribution in [0.25, 0.3) is 0 Å². The van der Waals surface area contributed by atoms with Crippen molar-refractivity contribution in [3.63, 3.8) is 0 Å². The van der Waals surface area contributed by atoms with E-state index >= 15 is 0 Å². The fourth-order valence-corrected chi connectivity index (χ4v) is 4.33. The largest absolute Gasteiger partial charge is 0.495 e. The Morgan fingerprint density at radius 1 is 1.37 bits per heavy atom. The number of methoxy groups -OCH3 is 1. The molecule has 0 saturated heterocycles. The lowest BCUT2D eigenvalue weighted by Gasteiger charge is -2.11. The Kier molecular flexibility index (Phi) is 5.43. The Bertz CT molecular complexity index is 976. The molecule has 0 spiro atoms. The maximum absolute atomic E-state index is 13.5. The number of pyridine rings is 1. The van der Waals surface area contributed by atoms with Crippen LogP contribution in [0.15, 0.2) is 35.4 Å². The van der Waals surface area contributed by atoms with Gasteiger partial charge in [0.05, 0.1) is 25.0 Å². The number of hydrogen-bond donors (Lipinski definition) is 1. The summed E-state index contributed by atoms with van der Waals surface area (Å²) in [5, 5.41) is 9.24. The minimum Gasteiger partial charge on any atom is -0.495 e. The molecule has 1 N–H and O–H groups in total. The minimum atomic E-state index is -3.94. The molecule has 1 aliphatic heterocycles. The van der Waals surface area contributed by atoms with Crippen molar-refractivity contribution in [3.05, 3.63) is 47.4 Å². The van der Waals surface area contributed by atoms with Crippen molar-refractivity contribution >= 4 is 15.6 Å². The summed E-state index contributed by atoms with van der Waals surface area (Å²) in [6.07, 6.45) is 1.38. The van der Waals surface area contributed by atoms with Crippen LogP contribution in [0.5, 0.6) is 11.6 Å². The fraction of sp³-hybridized carbons (Fsp3) is 0.333. The first-order valence-corrected chi connectivity index (χ1v) is 9.81. The number of Topliss-reactive ketones (excluding diaryl/α,β-unsaturated/α-hetero) is 1. The second-order valence-corrected chi connectivity index (χ2v) is 8.20. The van der Waals surface area contributed by atoms with Gasteiger partial charge in [0.2, 0.25) is 5.88 Å². The molecule has 9 heteroatoms. The number of ether oxygens (including phenoxy) is 2. The minimum absolute atomic E-state index is 0.0318. The number of fused-ring (bicyclic) bond motifs is 1. The molecule has 1 atom stereocenters. The van der Waals surface area contributed by atoms with E-state index in [4.69, 9.17) is 9.47 Å². The highest BCUT2D eigenvalue weighted by Crippen LogP contribution is 2.29. The topological polar surface area (TPSA) is 103 Å². The molecule has 0 radical (unpaired) electrons. The summed E-state index contributed by atoms with van der Waals surface area (Å²) in [7, 11) is -2.65. The van der Waals surface area contributed by atoms with Crippen molar-refractivity contribution in [1.29, 1.82) is 0 Å². The van der Waals surface area contributed by atoms with Gasteiger partial charge in [-0.2, -0.15) is 0 Å². The number of aliphatic hydroxyl groups is 1. The van der Waals surface area contributed by atoms with Crippen molar-refractivity contribution in [1.82, 2.24) is 4.98 Å². The Balaban J connectivity index is 1.93. The number of nitrogens with zero attached hydrogens (tertiary/aromatic N) is 1. The van der Waals surface area contributed by atoms with Crippen LogP contribution in [-0.4, -0.2) is 44.6 Å². The van der Waals surface area contributed by atoms with Gasteiger partial charge in [-0.05, 0) is 29.8 Å². The molecule has 0 fully saturated rings. The predicted octanol–water partition coefficient (Wildman–Crippen LogP) is 1.78. The first kappa shape index (κ1) is 19.2.